The summed E-state index contributed by atoms with van der Waals surface area (Å²) in [5.74, 6) is 2.08. The fraction of sp³-hybridized carbons (Fsp3) is 0.947. The Morgan fingerprint density at radius 2 is 1.60 bits per heavy atom. The van der Waals surface area contributed by atoms with Gasteiger partial charge in [0.2, 0.25) is 0 Å². The molecule has 4 aliphatic heterocycles. The van der Waals surface area contributed by atoms with E-state index in [4.69, 9.17) is 28.4 Å². The van der Waals surface area contributed by atoms with Crippen molar-refractivity contribution in [2.75, 3.05) is 13.2 Å². The monoisotopic (exact) mass is 708 g/mol. The lowest BCUT2D eigenvalue weighted by atomic mass is 9.46. The molecule has 1 spiro atoms. The lowest BCUT2D eigenvalue weighted by Gasteiger charge is -2.60. The molecule has 0 aromatic carbocycles. The molecule has 0 aromatic rings. The Labute approximate surface area is 295 Å². The Bertz CT molecular complexity index is 1290. The number of ether oxygens (including phenoxy) is 6. The van der Waals surface area contributed by atoms with Crippen LogP contribution in [0.4, 0.5) is 0 Å². The van der Waals surface area contributed by atoms with Crippen LogP contribution in [0.2, 0.25) is 0 Å². The summed E-state index contributed by atoms with van der Waals surface area (Å²) in [4.78, 5) is 0. The molecule has 0 aromatic heterocycles. The first-order valence-corrected chi connectivity index (χ1v) is 19.4. The van der Waals surface area contributed by atoms with Crippen molar-refractivity contribution in [1.82, 2.24) is 0 Å². The molecule has 284 valence electrons. The largest absolute Gasteiger partial charge is 0.393 e. The van der Waals surface area contributed by atoms with E-state index in [1.54, 1.807) is 6.92 Å². The van der Waals surface area contributed by atoms with Crippen LogP contribution in [0.3, 0.4) is 0 Å². The highest BCUT2D eigenvalue weighted by atomic mass is 16.8. The van der Waals surface area contributed by atoms with Crippen molar-refractivity contribution >= 4 is 0 Å². The van der Waals surface area contributed by atoms with Crippen LogP contribution in [-0.2, 0) is 28.4 Å². The van der Waals surface area contributed by atoms with Gasteiger partial charge in [-0.15, -0.1) is 0 Å². The number of fused-ring (bicyclic) bond motifs is 7. The molecule has 7 fully saturated rings. The average molecular weight is 709 g/mol. The highest BCUT2D eigenvalue weighted by Crippen LogP contribution is 2.71. The Hall–Kier alpha value is -0.740. The molecule has 0 unspecified atom stereocenters. The predicted octanol–water partition coefficient (Wildman–Crippen LogP) is 2.00. The van der Waals surface area contributed by atoms with Crippen LogP contribution in [0.5, 0.6) is 0 Å². The smallest absolute Gasteiger partial charge is 0.187 e. The third-order valence-corrected chi connectivity index (χ3v) is 15.2. The Morgan fingerprint density at radius 1 is 0.820 bits per heavy atom. The second-order valence-electron chi connectivity index (χ2n) is 17.9. The van der Waals surface area contributed by atoms with Gasteiger partial charge in [0.25, 0.3) is 0 Å². The van der Waals surface area contributed by atoms with Crippen LogP contribution in [0.25, 0.3) is 0 Å². The molecule has 50 heavy (non-hydrogen) atoms. The molecule has 3 saturated carbocycles. The summed E-state index contributed by atoms with van der Waals surface area (Å²) in [6, 6.07) is 0. The first-order chi connectivity index (χ1) is 23.7. The van der Waals surface area contributed by atoms with Gasteiger partial charge in [-0.3, -0.25) is 0 Å². The normalized spacial score (nSPS) is 59.3. The highest BCUT2D eigenvalue weighted by Gasteiger charge is 2.69. The number of hydrogen-bond acceptors (Lipinski definition) is 12. The van der Waals surface area contributed by atoms with Gasteiger partial charge in [-0.1, -0.05) is 39.3 Å². The third kappa shape index (κ3) is 5.45. The fourth-order valence-corrected chi connectivity index (χ4v) is 12.4. The van der Waals surface area contributed by atoms with Gasteiger partial charge in [-0.25, -0.2) is 0 Å². The van der Waals surface area contributed by atoms with E-state index in [2.05, 4.69) is 33.8 Å². The van der Waals surface area contributed by atoms with Crippen molar-refractivity contribution in [3.05, 3.63) is 11.6 Å². The number of allylic oxidation sites excluding steroid dienone is 1. The summed E-state index contributed by atoms with van der Waals surface area (Å²) in [5, 5.41) is 64.1. The summed E-state index contributed by atoms with van der Waals surface area (Å²) in [6.45, 7) is 11.5. The maximum Gasteiger partial charge on any atom is 0.187 e. The van der Waals surface area contributed by atoms with Gasteiger partial charge >= 0.3 is 0 Å². The molecule has 8 aliphatic rings. The van der Waals surface area contributed by atoms with E-state index in [1.165, 1.54) is 5.57 Å². The molecule has 4 aliphatic carbocycles. The van der Waals surface area contributed by atoms with Crippen molar-refractivity contribution in [2.24, 2.45) is 46.3 Å². The summed E-state index contributed by atoms with van der Waals surface area (Å²) in [7, 11) is 0. The Morgan fingerprint density at radius 3 is 2.34 bits per heavy atom. The van der Waals surface area contributed by atoms with Crippen LogP contribution >= 0.6 is 0 Å². The summed E-state index contributed by atoms with van der Waals surface area (Å²) < 4.78 is 38.0. The molecule has 4 heterocycles. The standard InChI is InChI=1S/C38H60O12/c1-17-8-11-38(46-15-17)18(2)28-26(50-38)14-24-22-7-6-20-12-21(39)13-27(37(20,5)23(22)9-10-36(24,28)4)48-35-33(30(42)25(40)16-45-35)49-34-32(44)31(43)29(41)19(3)47-34/h6,17-19,21-35,39-44H,7-16H2,1-5H3/t17-,18+,19-,21-,22-,23+,24-,25+,26-,27-,28-,29+,30+,31+,32+,33+,34+,35+,36+,37+,38+/m1/s1. The molecule has 6 N–H and O–H groups in total. The van der Waals surface area contributed by atoms with E-state index in [9.17, 15) is 30.6 Å². The maximum atomic E-state index is 11.1. The van der Waals surface area contributed by atoms with E-state index in [1.807, 2.05) is 0 Å². The fourth-order valence-electron chi connectivity index (χ4n) is 12.4. The van der Waals surface area contributed by atoms with Gasteiger partial charge < -0.3 is 59.1 Å². The molecule has 0 bridgehead atoms. The first kappa shape index (κ1) is 36.2. The van der Waals surface area contributed by atoms with Gasteiger partial charge in [0.1, 0.15) is 36.6 Å². The molecule has 12 heteroatoms. The molecule has 12 nitrogen and oxygen atoms in total. The molecule has 0 radical (unpaired) electrons. The van der Waals surface area contributed by atoms with E-state index < -0.39 is 78.7 Å². The molecule has 8 rings (SSSR count). The highest BCUT2D eigenvalue weighted by molar-refractivity contribution is 5.28. The number of aliphatic hydroxyl groups is 6. The van der Waals surface area contributed by atoms with Gasteiger partial charge in [-0.2, -0.15) is 0 Å². The van der Waals surface area contributed by atoms with Crippen molar-refractivity contribution in [3.8, 4) is 0 Å². The minimum Gasteiger partial charge on any atom is -0.393 e. The SMILES string of the molecule is C[C@@H]1CC[C@]2(OC1)O[C@@H]1C[C@@H]3[C@@H]4CC=C5C[C@@H](O)C[C@@H](O[C@@H]6OC[C@H](O)[C@H](O)[C@@H]6O[C@@H]6O[C@H](C)[C@H](O)[C@H](O)[C@@H]6O)[C@]5(C)[C@H]4CC[C@]3(C)[C@@H]1[C@@H]2C. The van der Waals surface area contributed by atoms with E-state index >= 15 is 0 Å². The molecular formula is C38H60O12. The van der Waals surface area contributed by atoms with Gasteiger partial charge in [0.05, 0.1) is 37.6 Å². The zero-order valence-electron chi connectivity index (χ0n) is 30.2. The van der Waals surface area contributed by atoms with Crippen LogP contribution < -0.4 is 0 Å². The summed E-state index contributed by atoms with van der Waals surface area (Å²) >= 11 is 0. The van der Waals surface area contributed by atoms with Gasteiger partial charge in [0.15, 0.2) is 18.4 Å². The minimum absolute atomic E-state index is 0.134. The van der Waals surface area contributed by atoms with Crippen LogP contribution in [0.1, 0.15) is 86.0 Å². The second kappa shape index (κ2) is 12.9. The molecule has 21 atom stereocenters. The van der Waals surface area contributed by atoms with Crippen molar-refractivity contribution in [3.63, 3.8) is 0 Å². The van der Waals surface area contributed by atoms with Gasteiger partial charge in [-0.05, 0) is 80.5 Å². The van der Waals surface area contributed by atoms with Crippen molar-refractivity contribution < 1.29 is 59.1 Å². The topological polar surface area (TPSA) is 177 Å². The summed E-state index contributed by atoms with van der Waals surface area (Å²) in [5.41, 5.74) is 0.917. The minimum atomic E-state index is -1.60. The second-order valence-corrected chi connectivity index (χ2v) is 17.9. The first-order valence-electron chi connectivity index (χ1n) is 19.4. The number of aliphatic hydroxyl groups excluding tert-OH is 6. The summed E-state index contributed by atoms with van der Waals surface area (Å²) in [6.07, 6.45) is -3.26. The zero-order valence-corrected chi connectivity index (χ0v) is 30.2. The quantitative estimate of drug-likeness (QED) is 0.235. The molecule has 0 amide bonds. The van der Waals surface area contributed by atoms with E-state index in [0.717, 1.165) is 45.1 Å². The van der Waals surface area contributed by atoms with Gasteiger partial charge in [0, 0.05) is 24.2 Å². The van der Waals surface area contributed by atoms with Crippen molar-refractivity contribution in [1.29, 1.82) is 0 Å². The van der Waals surface area contributed by atoms with Crippen LogP contribution in [-0.4, -0.2) is 123 Å². The Balaban J connectivity index is 1.04. The number of rotatable bonds is 4. The molecule has 4 saturated heterocycles. The number of hydrogen-bond donors (Lipinski definition) is 6. The maximum absolute atomic E-state index is 11.1. The lowest BCUT2D eigenvalue weighted by Crippen LogP contribution is -2.63. The predicted molar refractivity (Wildman–Crippen MR) is 177 cm³/mol. The average Bonchev–Trinajstić information content (AvgIpc) is 3.53. The molecular weight excluding hydrogens is 648 g/mol. The van der Waals surface area contributed by atoms with E-state index in [0.29, 0.717) is 48.3 Å². The third-order valence-electron chi connectivity index (χ3n) is 15.2. The lowest BCUT2D eigenvalue weighted by molar-refractivity contribution is -0.362. The zero-order chi connectivity index (χ0) is 35.5. The van der Waals surface area contributed by atoms with Crippen molar-refractivity contribution in [2.45, 2.75) is 165 Å². The Kier molecular flexibility index (Phi) is 9.38. The van der Waals surface area contributed by atoms with Crippen LogP contribution in [0, 0.1) is 46.3 Å². The van der Waals surface area contributed by atoms with Crippen LogP contribution in [0.15, 0.2) is 11.6 Å². The van der Waals surface area contributed by atoms with E-state index in [-0.39, 0.29) is 18.1 Å².